The summed E-state index contributed by atoms with van der Waals surface area (Å²) < 4.78 is 0. The number of amides is 1. The summed E-state index contributed by atoms with van der Waals surface area (Å²) in [5.74, 6) is -1.12. The molecule has 1 aliphatic rings. The Kier molecular flexibility index (Phi) is 3.83. The number of hydrogen-bond acceptors (Lipinski definition) is 3. The van der Waals surface area contributed by atoms with E-state index in [-0.39, 0.29) is 12.5 Å². The maximum absolute atomic E-state index is 12.0. The average molecular weight is 262 g/mol. The van der Waals surface area contributed by atoms with Gasteiger partial charge in [-0.15, -0.1) is 0 Å². The Morgan fingerprint density at radius 2 is 2.11 bits per heavy atom. The number of aliphatic carboxylic acids is 1. The van der Waals surface area contributed by atoms with Crippen molar-refractivity contribution in [3.05, 3.63) is 29.6 Å². The van der Waals surface area contributed by atoms with Gasteiger partial charge in [0.05, 0.1) is 5.41 Å². The molecule has 0 bridgehead atoms. The van der Waals surface area contributed by atoms with Crippen LogP contribution in [-0.4, -0.2) is 28.5 Å². The molecule has 1 amide bonds. The van der Waals surface area contributed by atoms with Crippen molar-refractivity contribution >= 4 is 11.9 Å². The number of rotatable bonds is 4. The maximum Gasteiger partial charge on any atom is 0.311 e. The van der Waals surface area contributed by atoms with Crippen molar-refractivity contribution < 1.29 is 14.7 Å². The lowest BCUT2D eigenvalue weighted by Gasteiger charge is -2.23. The van der Waals surface area contributed by atoms with Gasteiger partial charge in [-0.05, 0) is 31.4 Å². The number of hydrogen-bond donors (Lipinski definition) is 2. The lowest BCUT2D eigenvalue weighted by molar-refractivity contribution is -0.148. The second kappa shape index (κ2) is 5.38. The zero-order valence-corrected chi connectivity index (χ0v) is 11.0. The Bertz CT molecular complexity index is 493. The summed E-state index contributed by atoms with van der Waals surface area (Å²) in [6.07, 6.45) is 4.63. The summed E-state index contributed by atoms with van der Waals surface area (Å²) in [4.78, 5) is 27.4. The Hall–Kier alpha value is -1.91. The van der Waals surface area contributed by atoms with E-state index in [1.165, 1.54) is 0 Å². The highest BCUT2D eigenvalue weighted by atomic mass is 16.4. The minimum absolute atomic E-state index is 0.178. The number of carboxylic acids is 1. The first-order valence-corrected chi connectivity index (χ1v) is 6.48. The number of carbonyl (C=O) groups excluding carboxylic acids is 1. The van der Waals surface area contributed by atoms with Gasteiger partial charge in [0.15, 0.2) is 0 Å². The second-order valence-electron chi connectivity index (χ2n) is 5.14. The number of carbonyl (C=O) groups is 2. The molecular formula is C14H18N2O3. The fourth-order valence-corrected chi connectivity index (χ4v) is 2.57. The number of aromatic nitrogens is 1. The molecule has 0 radical (unpaired) electrons. The molecule has 1 aliphatic carbocycles. The van der Waals surface area contributed by atoms with Crippen molar-refractivity contribution in [2.24, 2.45) is 5.41 Å². The zero-order valence-electron chi connectivity index (χ0n) is 11.0. The van der Waals surface area contributed by atoms with E-state index in [0.717, 1.165) is 18.4 Å². The van der Waals surface area contributed by atoms with Crippen LogP contribution in [0.5, 0.6) is 0 Å². The summed E-state index contributed by atoms with van der Waals surface area (Å²) in [6.45, 7) is 1.99. The average Bonchev–Trinajstić information content (AvgIpc) is 2.86. The fourth-order valence-electron chi connectivity index (χ4n) is 2.57. The van der Waals surface area contributed by atoms with E-state index in [0.29, 0.717) is 18.5 Å². The van der Waals surface area contributed by atoms with Crippen LogP contribution in [0.15, 0.2) is 18.3 Å². The van der Waals surface area contributed by atoms with Crippen LogP contribution >= 0.6 is 0 Å². The van der Waals surface area contributed by atoms with Gasteiger partial charge in [-0.3, -0.25) is 14.6 Å². The predicted molar refractivity (Wildman–Crippen MR) is 69.8 cm³/mol. The summed E-state index contributed by atoms with van der Waals surface area (Å²) >= 11 is 0. The molecule has 19 heavy (non-hydrogen) atoms. The lowest BCUT2D eigenvalue weighted by atomic mass is 9.86. The van der Waals surface area contributed by atoms with Gasteiger partial charge in [-0.1, -0.05) is 18.9 Å². The van der Waals surface area contributed by atoms with Crippen molar-refractivity contribution in [3.8, 4) is 0 Å². The highest BCUT2D eigenvalue weighted by Gasteiger charge is 2.41. The first kappa shape index (κ1) is 13.5. The van der Waals surface area contributed by atoms with E-state index in [9.17, 15) is 14.7 Å². The molecule has 5 heteroatoms. The molecule has 102 valence electrons. The fraction of sp³-hybridized carbons (Fsp3) is 0.500. The molecule has 0 saturated heterocycles. The van der Waals surface area contributed by atoms with Crippen LogP contribution in [0.1, 0.15) is 41.7 Å². The van der Waals surface area contributed by atoms with E-state index in [4.69, 9.17) is 0 Å². The molecule has 1 aromatic heterocycles. The van der Waals surface area contributed by atoms with Crippen LogP contribution in [0, 0.1) is 12.3 Å². The van der Waals surface area contributed by atoms with E-state index in [1.807, 2.05) is 13.0 Å². The normalized spacial score (nSPS) is 17.1. The molecule has 0 atom stereocenters. The van der Waals surface area contributed by atoms with Gasteiger partial charge in [0, 0.05) is 12.7 Å². The van der Waals surface area contributed by atoms with Crippen LogP contribution in [0.2, 0.25) is 0 Å². The molecule has 1 saturated carbocycles. The van der Waals surface area contributed by atoms with Crippen LogP contribution in [0.3, 0.4) is 0 Å². The third-order valence-electron chi connectivity index (χ3n) is 3.83. The maximum atomic E-state index is 12.0. The van der Waals surface area contributed by atoms with Gasteiger partial charge in [0.2, 0.25) is 0 Å². The Labute approximate surface area is 112 Å². The number of aryl methyl sites for hydroxylation is 1. The summed E-state index contributed by atoms with van der Waals surface area (Å²) in [6, 6.07) is 3.58. The smallest absolute Gasteiger partial charge is 0.311 e. The van der Waals surface area contributed by atoms with Crippen molar-refractivity contribution in [1.29, 1.82) is 0 Å². The minimum atomic E-state index is -0.817. The summed E-state index contributed by atoms with van der Waals surface area (Å²) in [7, 11) is 0. The third-order valence-corrected chi connectivity index (χ3v) is 3.83. The molecular weight excluding hydrogens is 244 g/mol. The van der Waals surface area contributed by atoms with E-state index < -0.39 is 11.4 Å². The molecule has 1 aromatic rings. The van der Waals surface area contributed by atoms with Crippen LogP contribution in [-0.2, 0) is 4.79 Å². The van der Waals surface area contributed by atoms with Gasteiger partial charge >= 0.3 is 5.97 Å². The zero-order chi connectivity index (χ0) is 13.9. The van der Waals surface area contributed by atoms with E-state index in [2.05, 4.69) is 10.3 Å². The first-order chi connectivity index (χ1) is 9.05. The van der Waals surface area contributed by atoms with E-state index >= 15 is 0 Å². The van der Waals surface area contributed by atoms with Gasteiger partial charge in [0.1, 0.15) is 5.69 Å². The highest BCUT2D eigenvalue weighted by Crippen LogP contribution is 2.37. The third kappa shape index (κ3) is 2.75. The molecule has 5 nitrogen and oxygen atoms in total. The summed E-state index contributed by atoms with van der Waals surface area (Å²) in [5.41, 5.74) is 0.357. The first-order valence-electron chi connectivity index (χ1n) is 6.48. The quantitative estimate of drug-likeness (QED) is 0.866. The largest absolute Gasteiger partial charge is 0.481 e. The molecule has 1 fully saturated rings. The van der Waals surface area contributed by atoms with Crippen molar-refractivity contribution in [3.63, 3.8) is 0 Å². The molecule has 1 heterocycles. The van der Waals surface area contributed by atoms with Crippen LogP contribution in [0.4, 0.5) is 0 Å². The highest BCUT2D eigenvalue weighted by molar-refractivity contribution is 5.94. The van der Waals surface area contributed by atoms with Gasteiger partial charge in [0.25, 0.3) is 5.91 Å². The second-order valence-corrected chi connectivity index (χ2v) is 5.14. The molecule has 0 aromatic carbocycles. The number of carboxylic acid groups (broad SMARTS) is 1. The molecule has 0 aliphatic heterocycles. The van der Waals surface area contributed by atoms with Gasteiger partial charge in [-0.2, -0.15) is 0 Å². The van der Waals surface area contributed by atoms with Crippen LogP contribution in [0.25, 0.3) is 0 Å². The predicted octanol–water partition coefficient (Wildman–Crippen LogP) is 1.76. The van der Waals surface area contributed by atoms with Gasteiger partial charge < -0.3 is 10.4 Å². The SMILES string of the molecule is Cc1cccnc1C(=O)NCC1(C(=O)O)CCCC1. The summed E-state index contributed by atoms with van der Waals surface area (Å²) in [5, 5.41) is 12.1. The lowest BCUT2D eigenvalue weighted by Crippen LogP contribution is -2.41. The Balaban J connectivity index is 2.04. The van der Waals surface area contributed by atoms with Crippen LogP contribution < -0.4 is 5.32 Å². The topological polar surface area (TPSA) is 79.3 Å². The Morgan fingerprint density at radius 3 is 2.68 bits per heavy atom. The minimum Gasteiger partial charge on any atom is -0.481 e. The molecule has 0 spiro atoms. The van der Waals surface area contributed by atoms with Crippen molar-refractivity contribution in [2.45, 2.75) is 32.6 Å². The monoisotopic (exact) mass is 262 g/mol. The number of nitrogens with one attached hydrogen (secondary N) is 1. The van der Waals surface area contributed by atoms with Gasteiger partial charge in [-0.25, -0.2) is 0 Å². The Morgan fingerprint density at radius 1 is 1.42 bits per heavy atom. The molecule has 2 N–H and O–H groups in total. The van der Waals surface area contributed by atoms with Crippen molar-refractivity contribution in [1.82, 2.24) is 10.3 Å². The van der Waals surface area contributed by atoms with Crippen molar-refractivity contribution in [2.75, 3.05) is 6.54 Å². The number of nitrogens with zero attached hydrogens (tertiary/aromatic N) is 1. The standard InChI is InChI=1S/C14H18N2O3/c1-10-5-4-8-15-11(10)12(17)16-9-14(13(18)19)6-2-3-7-14/h4-5,8H,2-3,6-7,9H2,1H3,(H,16,17)(H,18,19). The molecule has 2 rings (SSSR count). The molecule has 0 unspecified atom stereocenters. The van der Waals surface area contributed by atoms with E-state index in [1.54, 1.807) is 12.3 Å². The number of pyridine rings is 1.